The van der Waals surface area contributed by atoms with E-state index in [0.29, 0.717) is 13.0 Å². The number of hydrogen-bond acceptors (Lipinski definition) is 3. The summed E-state index contributed by atoms with van der Waals surface area (Å²) in [7, 11) is 1.86. The van der Waals surface area contributed by atoms with Crippen molar-refractivity contribution in [2.75, 3.05) is 0 Å². The minimum absolute atomic E-state index is 0.0772. The van der Waals surface area contributed by atoms with E-state index in [2.05, 4.69) is 26.3 Å². The van der Waals surface area contributed by atoms with E-state index in [4.69, 9.17) is 0 Å². The molecule has 1 aliphatic heterocycles. The second-order valence-corrected chi connectivity index (χ2v) is 6.92. The van der Waals surface area contributed by atoms with Crippen LogP contribution in [0, 0.1) is 6.92 Å². The number of carbonyl (C=O) groups is 2. The Labute approximate surface area is 133 Å². The van der Waals surface area contributed by atoms with E-state index < -0.39 is 5.54 Å². The number of nitrogens with zero attached hydrogens (tertiary/aromatic N) is 3. The molecule has 1 saturated heterocycles. The van der Waals surface area contributed by atoms with Crippen LogP contribution in [-0.4, -0.2) is 38.1 Å². The van der Waals surface area contributed by atoms with Gasteiger partial charge in [-0.25, -0.2) is 0 Å². The van der Waals surface area contributed by atoms with E-state index in [1.165, 1.54) is 0 Å². The maximum Gasteiger partial charge on any atom is 0.248 e. The molecule has 1 aromatic heterocycles. The summed E-state index contributed by atoms with van der Waals surface area (Å²) in [5, 5.41) is 7.13. The van der Waals surface area contributed by atoms with Crippen molar-refractivity contribution < 1.29 is 9.59 Å². The van der Waals surface area contributed by atoms with E-state index >= 15 is 0 Å². The normalized spacial score (nSPS) is 22.2. The van der Waals surface area contributed by atoms with E-state index in [1.54, 1.807) is 23.4 Å². The summed E-state index contributed by atoms with van der Waals surface area (Å²) < 4.78 is 2.68. The molecule has 2 amide bonds. The topological polar surface area (TPSA) is 67.2 Å². The fourth-order valence-electron chi connectivity index (χ4n) is 2.63. The van der Waals surface area contributed by atoms with Crippen molar-refractivity contribution in [3.63, 3.8) is 0 Å². The lowest BCUT2D eigenvalue weighted by Gasteiger charge is -2.32. The van der Waals surface area contributed by atoms with E-state index in [-0.39, 0.29) is 17.9 Å². The molecule has 0 spiro atoms. The van der Waals surface area contributed by atoms with Gasteiger partial charge in [0, 0.05) is 19.5 Å². The van der Waals surface area contributed by atoms with Crippen LogP contribution in [0.2, 0.25) is 0 Å². The quantitative estimate of drug-likeness (QED) is 0.873. The molecular formula is C14H21BrN4O2. The number of carbonyl (C=O) groups excluding carboxylic acids is 2. The van der Waals surface area contributed by atoms with E-state index in [9.17, 15) is 9.59 Å². The number of aromatic nitrogens is 2. The second kappa shape index (κ2) is 5.44. The predicted octanol–water partition coefficient (Wildman–Crippen LogP) is 1.51. The summed E-state index contributed by atoms with van der Waals surface area (Å²) >= 11 is 3.52. The number of rotatable bonds is 2. The molecule has 0 aliphatic carbocycles. The molecule has 0 aromatic carbocycles. The maximum atomic E-state index is 12.7. The van der Waals surface area contributed by atoms with Crippen LogP contribution in [-0.2, 0) is 23.2 Å². The van der Waals surface area contributed by atoms with Gasteiger partial charge in [0.1, 0.15) is 5.54 Å². The second-order valence-electron chi connectivity index (χ2n) is 6.13. The molecule has 1 atom stereocenters. The molecule has 1 fully saturated rings. The lowest BCUT2D eigenvalue weighted by atomic mass is 10.0. The third-order valence-electron chi connectivity index (χ3n) is 3.84. The summed E-state index contributed by atoms with van der Waals surface area (Å²) in [4.78, 5) is 26.3. The van der Waals surface area contributed by atoms with Crippen LogP contribution in [0.3, 0.4) is 0 Å². The molecule has 1 aliphatic rings. The molecule has 21 heavy (non-hydrogen) atoms. The monoisotopic (exact) mass is 356 g/mol. The van der Waals surface area contributed by atoms with Crippen molar-refractivity contribution in [3.8, 4) is 0 Å². The van der Waals surface area contributed by atoms with Crippen molar-refractivity contribution in [3.05, 3.63) is 15.9 Å². The predicted molar refractivity (Wildman–Crippen MR) is 82.5 cm³/mol. The Kier molecular flexibility index (Phi) is 4.15. The van der Waals surface area contributed by atoms with Gasteiger partial charge in [-0.3, -0.25) is 14.3 Å². The Hall–Kier alpha value is -1.37. The fraction of sp³-hybridized carbons (Fsp3) is 0.643. The van der Waals surface area contributed by atoms with Gasteiger partial charge < -0.3 is 10.2 Å². The largest absolute Gasteiger partial charge is 0.342 e. The molecule has 1 N–H and O–H groups in total. The Morgan fingerprint density at radius 2 is 2.05 bits per heavy atom. The van der Waals surface area contributed by atoms with Crippen molar-refractivity contribution in [1.29, 1.82) is 0 Å². The third kappa shape index (κ3) is 2.97. The zero-order chi connectivity index (χ0) is 15.9. The third-order valence-corrected chi connectivity index (χ3v) is 4.87. The van der Waals surface area contributed by atoms with Gasteiger partial charge in [0.15, 0.2) is 0 Å². The molecule has 1 aromatic rings. The SMILES string of the molecule is Cc1nn(C)c(CN2C(=O)C(C)(C)NC(=O)CC2C)c1Br. The summed E-state index contributed by atoms with van der Waals surface area (Å²) in [6.07, 6.45) is 0.309. The number of amides is 2. The molecule has 0 bridgehead atoms. The summed E-state index contributed by atoms with van der Waals surface area (Å²) in [5.41, 5.74) is 0.927. The summed E-state index contributed by atoms with van der Waals surface area (Å²) in [6, 6.07) is -0.151. The number of aryl methyl sites for hydroxylation is 2. The van der Waals surface area contributed by atoms with Crippen LogP contribution in [0.25, 0.3) is 0 Å². The summed E-state index contributed by atoms with van der Waals surface area (Å²) in [5.74, 6) is -0.171. The number of nitrogens with one attached hydrogen (secondary N) is 1. The average Bonchev–Trinajstić information content (AvgIpc) is 2.55. The van der Waals surface area contributed by atoms with Gasteiger partial charge in [-0.1, -0.05) is 0 Å². The Morgan fingerprint density at radius 3 is 2.57 bits per heavy atom. The van der Waals surface area contributed by atoms with Crippen molar-refractivity contribution in [2.45, 2.75) is 52.2 Å². The lowest BCUT2D eigenvalue weighted by molar-refractivity contribution is -0.139. The zero-order valence-corrected chi connectivity index (χ0v) is 14.6. The molecule has 0 saturated carbocycles. The number of hydrogen-bond donors (Lipinski definition) is 1. The van der Waals surface area contributed by atoms with Crippen LogP contribution in [0.15, 0.2) is 4.47 Å². The first kappa shape index (κ1) is 16.0. The molecule has 1 unspecified atom stereocenters. The highest BCUT2D eigenvalue weighted by molar-refractivity contribution is 9.10. The van der Waals surface area contributed by atoms with Crippen molar-refractivity contribution in [2.24, 2.45) is 7.05 Å². The van der Waals surface area contributed by atoms with Gasteiger partial charge in [0.2, 0.25) is 11.8 Å². The van der Waals surface area contributed by atoms with Gasteiger partial charge in [0.05, 0.1) is 22.4 Å². The highest BCUT2D eigenvalue weighted by Gasteiger charge is 2.40. The first-order valence-corrected chi connectivity index (χ1v) is 7.73. The van der Waals surface area contributed by atoms with Crippen LogP contribution in [0.4, 0.5) is 0 Å². The molecule has 2 heterocycles. The van der Waals surface area contributed by atoms with Gasteiger partial charge in [-0.05, 0) is 43.6 Å². The fourth-order valence-corrected chi connectivity index (χ4v) is 3.09. The van der Waals surface area contributed by atoms with Crippen molar-refractivity contribution in [1.82, 2.24) is 20.0 Å². The molecular weight excluding hydrogens is 336 g/mol. The minimum atomic E-state index is -0.887. The van der Waals surface area contributed by atoms with Crippen molar-refractivity contribution >= 4 is 27.7 Å². The van der Waals surface area contributed by atoms with Crippen LogP contribution < -0.4 is 5.32 Å². The van der Waals surface area contributed by atoms with Gasteiger partial charge >= 0.3 is 0 Å². The molecule has 116 valence electrons. The minimum Gasteiger partial charge on any atom is -0.342 e. The maximum absolute atomic E-state index is 12.7. The molecule has 7 heteroatoms. The number of halogens is 1. The first-order chi connectivity index (χ1) is 9.63. The smallest absolute Gasteiger partial charge is 0.248 e. The molecule has 2 rings (SSSR count). The highest BCUT2D eigenvalue weighted by Crippen LogP contribution is 2.25. The van der Waals surface area contributed by atoms with Crippen LogP contribution >= 0.6 is 15.9 Å². The van der Waals surface area contributed by atoms with Crippen LogP contribution in [0.1, 0.15) is 38.6 Å². The highest BCUT2D eigenvalue weighted by atomic mass is 79.9. The van der Waals surface area contributed by atoms with Gasteiger partial charge in [0.25, 0.3) is 0 Å². The zero-order valence-electron chi connectivity index (χ0n) is 13.0. The Balaban J connectivity index is 2.36. The van der Waals surface area contributed by atoms with E-state index in [0.717, 1.165) is 15.9 Å². The van der Waals surface area contributed by atoms with E-state index in [1.807, 2.05) is 20.9 Å². The van der Waals surface area contributed by atoms with Gasteiger partial charge in [-0.15, -0.1) is 0 Å². The molecule has 6 nitrogen and oxygen atoms in total. The Bertz CT molecular complexity index is 594. The Morgan fingerprint density at radius 1 is 1.43 bits per heavy atom. The first-order valence-electron chi connectivity index (χ1n) is 6.93. The molecule has 0 radical (unpaired) electrons. The van der Waals surface area contributed by atoms with Gasteiger partial charge in [-0.2, -0.15) is 5.10 Å². The summed E-state index contributed by atoms with van der Waals surface area (Å²) in [6.45, 7) is 7.71. The standard InChI is InChI=1S/C14H21BrN4O2/c1-8-6-11(20)16-14(3,4)13(21)19(8)7-10-12(15)9(2)17-18(10)5/h8H,6-7H2,1-5H3,(H,16,20). The van der Waals surface area contributed by atoms with Crippen LogP contribution in [0.5, 0.6) is 0 Å². The average molecular weight is 357 g/mol. The lowest BCUT2D eigenvalue weighted by Crippen LogP contribution is -2.53.